The van der Waals surface area contributed by atoms with E-state index in [2.05, 4.69) is 20.5 Å². The lowest BCUT2D eigenvalue weighted by Gasteiger charge is -2.25. The van der Waals surface area contributed by atoms with E-state index in [1.54, 1.807) is 6.33 Å². The number of rotatable bonds is 3. The normalized spacial score (nSPS) is 18.6. The molecule has 1 aliphatic carbocycles. The smallest absolute Gasteiger partial charge is 0.243 e. The van der Waals surface area contributed by atoms with Gasteiger partial charge < -0.3 is 9.88 Å². The summed E-state index contributed by atoms with van der Waals surface area (Å²) in [5.74, 6) is 0.0288. The molecule has 2 aromatic heterocycles. The number of para-hydroxylation sites is 2. The molecule has 6 heteroatoms. The van der Waals surface area contributed by atoms with E-state index in [4.69, 9.17) is 0 Å². The van der Waals surface area contributed by atoms with Crippen LogP contribution in [0, 0.1) is 0 Å². The third-order valence-electron chi connectivity index (χ3n) is 4.64. The van der Waals surface area contributed by atoms with Crippen molar-refractivity contribution in [1.82, 2.24) is 25.1 Å². The lowest BCUT2D eigenvalue weighted by Crippen LogP contribution is -2.41. The van der Waals surface area contributed by atoms with Crippen LogP contribution in [-0.2, 0) is 17.6 Å². The number of benzene rings is 1. The zero-order valence-electron chi connectivity index (χ0n) is 13.0. The van der Waals surface area contributed by atoms with Crippen molar-refractivity contribution in [3.63, 3.8) is 0 Å². The van der Waals surface area contributed by atoms with Gasteiger partial charge in [-0.05, 0) is 37.5 Å². The number of aromatic amines is 1. The number of imidazole rings is 1. The molecule has 118 valence electrons. The Kier molecular flexibility index (Phi) is 3.37. The SMILES string of the molecule is CC(C(=O)NC1CCc2cn[nH]c2C1)n1cnc2ccccc21. The zero-order valence-corrected chi connectivity index (χ0v) is 13.0. The van der Waals surface area contributed by atoms with Crippen LogP contribution in [0.5, 0.6) is 0 Å². The average molecular weight is 309 g/mol. The standard InChI is InChI=1S/C17H19N5O/c1-11(22-10-18-14-4-2-3-5-16(14)22)17(23)20-13-7-6-12-9-19-21-15(12)8-13/h2-5,9-11,13H,6-8H2,1H3,(H,19,21)(H,20,23). The Balaban J connectivity index is 1.49. The first-order valence-electron chi connectivity index (χ1n) is 7.95. The molecule has 0 fully saturated rings. The molecular weight excluding hydrogens is 290 g/mol. The van der Waals surface area contributed by atoms with Crippen LogP contribution in [0.3, 0.4) is 0 Å². The molecule has 4 rings (SSSR count). The number of nitrogens with one attached hydrogen (secondary N) is 2. The van der Waals surface area contributed by atoms with Crippen LogP contribution < -0.4 is 5.32 Å². The fraction of sp³-hybridized carbons (Fsp3) is 0.353. The highest BCUT2D eigenvalue weighted by Crippen LogP contribution is 2.21. The molecule has 0 spiro atoms. The maximum absolute atomic E-state index is 12.6. The van der Waals surface area contributed by atoms with Gasteiger partial charge in [0.2, 0.25) is 5.91 Å². The number of H-pyrrole nitrogens is 1. The summed E-state index contributed by atoms with van der Waals surface area (Å²) < 4.78 is 1.93. The summed E-state index contributed by atoms with van der Waals surface area (Å²) in [5, 5.41) is 10.3. The Bertz CT molecular complexity index is 849. The Labute approximate surface area is 133 Å². The van der Waals surface area contributed by atoms with E-state index in [0.29, 0.717) is 0 Å². The lowest BCUT2D eigenvalue weighted by molar-refractivity contribution is -0.124. The summed E-state index contributed by atoms with van der Waals surface area (Å²) >= 11 is 0. The molecule has 23 heavy (non-hydrogen) atoms. The minimum Gasteiger partial charge on any atom is -0.351 e. The molecule has 0 aliphatic heterocycles. The second kappa shape index (κ2) is 5.53. The van der Waals surface area contributed by atoms with Crippen LogP contribution in [-0.4, -0.2) is 31.7 Å². The van der Waals surface area contributed by atoms with Crippen LogP contribution in [0.2, 0.25) is 0 Å². The van der Waals surface area contributed by atoms with E-state index in [1.807, 2.05) is 42.0 Å². The Morgan fingerprint density at radius 3 is 3.22 bits per heavy atom. The van der Waals surface area contributed by atoms with E-state index in [1.165, 1.54) is 5.56 Å². The van der Waals surface area contributed by atoms with Crippen molar-refractivity contribution in [2.45, 2.75) is 38.3 Å². The molecule has 2 N–H and O–H groups in total. The van der Waals surface area contributed by atoms with Gasteiger partial charge in [0.15, 0.2) is 0 Å². The van der Waals surface area contributed by atoms with Crippen molar-refractivity contribution in [2.75, 3.05) is 0 Å². The molecule has 6 nitrogen and oxygen atoms in total. The second-order valence-electron chi connectivity index (χ2n) is 6.14. The van der Waals surface area contributed by atoms with Gasteiger partial charge in [0.25, 0.3) is 0 Å². The van der Waals surface area contributed by atoms with Crippen molar-refractivity contribution < 1.29 is 4.79 Å². The van der Waals surface area contributed by atoms with Gasteiger partial charge in [-0.25, -0.2) is 4.98 Å². The van der Waals surface area contributed by atoms with Gasteiger partial charge in [-0.1, -0.05) is 12.1 Å². The van der Waals surface area contributed by atoms with Crippen molar-refractivity contribution in [2.24, 2.45) is 0 Å². The molecule has 2 unspecified atom stereocenters. The quantitative estimate of drug-likeness (QED) is 0.777. The molecule has 0 saturated carbocycles. The largest absolute Gasteiger partial charge is 0.351 e. The van der Waals surface area contributed by atoms with Gasteiger partial charge in [0, 0.05) is 18.2 Å². The predicted molar refractivity (Wildman–Crippen MR) is 87.0 cm³/mol. The topological polar surface area (TPSA) is 75.6 Å². The minimum absolute atomic E-state index is 0.0288. The molecule has 0 saturated heterocycles. The fourth-order valence-electron chi connectivity index (χ4n) is 3.27. The number of fused-ring (bicyclic) bond motifs is 2. The first-order chi connectivity index (χ1) is 11.2. The average Bonchev–Trinajstić information content (AvgIpc) is 3.20. The van der Waals surface area contributed by atoms with E-state index < -0.39 is 0 Å². The van der Waals surface area contributed by atoms with Crippen molar-refractivity contribution in [1.29, 1.82) is 0 Å². The number of carbonyl (C=O) groups is 1. The van der Waals surface area contributed by atoms with E-state index in [-0.39, 0.29) is 18.0 Å². The number of aryl methyl sites for hydroxylation is 1. The van der Waals surface area contributed by atoms with E-state index >= 15 is 0 Å². The van der Waals surface area contributed by atoms with Crippen LogP contribution in [0.25, 0.3) is 11.0 Å². The number of nitrogens with zero attached hydrogens (tertiary/aromatic N) is 3. The Hall–Kier alpha value is -2.63. The fourth-order valence-corrected chi connectivity index (χ4v) is 3.27. The predicted octanol–water partition coefficient (Wildman–Crippen LogP) is 1.99. The van der Waals surface area contributed by atoms with Crippen LogP contribution in [0.4, 0.5) is 0 Å². The summed E-state index contributed by atoms with van der Waals surface area (Å²) in [5.41, 5.74) is 4.30. The second-order valence-corrected chi connectivity index (χ2v) is 6.14. The number of hydrogen-bond donors (Lipinski definition) is 2. The third-order valence-corrected chi connectivity index (χ3v) is 4.64. The highest BCUT2D eigenvalue weighted by molar-refractivity contribution is 5.83. The van der Waals surface area contributed by atoms with Gasteiger partial charge in [-0.15, -0.1) is 0 Å². The first-order valence-corrected chi connectivity index (χ1v) is 7.95. The summed E-state index contributed by atoms with van der Waals surface area (Å²) in [6.45, 7) is 1.91. The molecular formula is C17H19N5O. The van der Waals surface area contributed by atoms with Gasteiger partial charge >= 0.3 is 0 Å². The van der Waals surface area contributed by atoms with Crippen molar-refractivity contribution >= 4 is 16.9 Å². The highest BCUT2D eigenvalue weighted by Gasteiger charge is 2.24. The summed E-state index contributed by atoms with van der Waals surface area (Å²) in [7, 11) is 0. The van der Waals surface area contributed by atoms with Crippen molar-refractivity contribution in [3.8, 4) is 0 Å². The molecule has 1 aromatic carbocycles. The lowest BCUT2D eigenvalue weighted by atomic mass is 9.93. The summed E-state index contributed by atoms with van der Waals surface area (Å²) in [6.07, 6.45) is 6.35. The number of amides is 1. The molecule has 1 amide bonds. The Morgan fingerprint density at radius 1 is 1.43 bits per heavy atom. The van der Waals surface area contributed by atoms with Crippen LogP contribution in [0.1, 0.15) is 30.6 Å². The summed E-state index contributed by atoms with van der Waals surface area (Å²) in [6, 6.07) is 7.74. The monoisotopic (exact) mass is 309 g/mol. The first kappa shape index (κ1) is 14.0. The third kappa shape index (κ3) is 2.50. The van der Waals surface area contributed by atoms with E-state index in [9.17, 15) is 4.79 Å². The maximum atomic E-state index is 12.6. The zero-order chi connectivity index (χ0) is 15.8. The minimum atomic E-state index is -0.287. The molecule has 1 aliphatic rings. The van der Waals surface area contributed by atoms with Gasteiger partial charge in [-0.2, -0.15) is 5.10 Å². The van der Waals surface area contributed by atoms with Crippen LogP contribution in [0.15, 0.2) is 36.8 Å². The van der Waals surface area contributed by atoms with Gasteiger partial charge in [0.1, 0.15) is 6.04 Å². The summed E-state index contributed by atoms with van der Waals surface area (Å²) in [4.78, 5) is 17.0. The van der Waals surface area contributed by atoms with Gasteiger partial charge in [0.05, 0.1) is 23.6 Å². The maximum Gasteiger partial charge on any atom is 0.243 e. The molecule has 0 bridgehead atoms. The number of carbonyl (C=O) groups excluding carboxylic acids is 1. The number of aromatic nitrogens is 4. The Morgan fingerprint density at radius 2 is 2.30 bits per heavy atom. The van der Waals surface area contributed by atoms with Crippen molar-refractivity contribution in [3.05, 3.63) is 48.0 Å². The molecule has 3 aromatic rings. The molecule has 0 radical (unpaired) electrons. The molecule has 2 heterocycles. The number of hydrogen-bond acceptors (Lipinski definition) is 3. The molecule has 2 atom stereocenters. The van der Waals surface area contributed by atoms with E-state index in [0.717, 1.165) is 36.0 Å². The highest BCUT2D eigenvalue weighted by atomic mass is 16.2. The van der Waals surface area contributed by atoms with Gasteiger partial charge in [-0.3, -0.25) is 9.89 Å². The van der Waals surface area contributed by atoms with Crippen LogP contribution >= 0.6 is 0 Å².